The zero-order valence-corrected chi connectivity index (χ0v) is 9.13. The molecule has 1 aliphatic rings. The average molecular weight is 217 g/mol. The van der Waals surface area contributed by atoms with Crippen LogP contribution in [0.1, 0.15) is 23.2 Å². The van der Waals surface area contributed by atoms with Crippen molar-refractivity contribution in [2.45, 2.75) is 12.8 Å². The lowest BCUT2D eigenvalue weighted by Gasteiger charge is -2.18. The van der Waals surface area contributed by atoms with Gasteiger partial charge in [0.25, 0.3) is 0 Å². The lowest BCUT2D eigenvalue weighted by atomic mass is 10.2. The van der Waals surface area contributed by atoms with E-state index in [4.69, 9.17) is 4.84 Å². The molecule has 1 heterocycles. The molecule has 0 unspecified atom stereocenters. The van der Waals surface area contributed by atoms with E-state index in [9.17, 15) is 4.79 Å². The molecule has 0 aliphatic carbocycles. The normalized spacial score (nSPS) is 16.8. The molecule has 84 valence electrons. The minimum atomic E-state index is -0.275. The zero-order valence-electron chi connectivity index (χ0n) is 9.13. The van der Waals surface area contributed by atoms with Crippen LogP contribution < -0.4 is 0 Å². The van der Waals surface area contributed by atoms with Gasteiger partial charge in [-0.25, -0.2) is 4.79 Å². The molecule has 1 aromatic rings. The summed E-state index contributed by atoms with van der Waals surface area (Å²) in [6, 6.07) is 9.07. The van der Waals surface area contributed by atoms with Gasteiger partial charge in [0.2, 0.25) is 0 Å². The predicted molar refractivity (Wildman–Crippen MR) is 61.8 cm³/mol. The van der Waals surface area contributed by atoms with Crippen LogP contribution in [0.2, 0.25) is 0 Å². The topological polar surface area (TPSA) is 29.5 Å². The van der Waals surface area contributed by atoms with Crippen LogP contribution in [-0.4, -0.2) is 24.1 Å². The van der Waals surface area contributed by atoms with Crippen molar-refractivity contribution in [2.24, 2.45) is 0 Å². The third-order valence-corrected chi connectivity index (χ3v) is 2.48. The quantitative estimate of drug-likeness (QED) is 0.712. The Morgan fingerprint density at radius 3 is 2.31 bits per heavy atom. The van der Waals surface area contributed by atoms with Gasteiger partial charge in [-0.1, -0.05) is 30.4 Å². The highest BCUT2D eigenvalue weighted by Crippen LogP contribution is 2.07. The maximum absolute atomic E-state index is 11.7. The van der Waals surface area contributed by atoms with E-state index < -0.39 is 0 Å². The Hall–Kier alpha value is -1.61. The molecule has 0 fully saturated rings. The molecule has 1 aromatic carbocycles. The molecule has 3 heteroatoms. The lowest BCUT2D eigenvalue weighted by molar-refractivity contribution is -0.106. The Morgan fingerprint density at radius 1 is 1.06 bits per heavy atom. The number of hydrogen-bond acceptors (Lipinski definition) is 3. The van der Waals surface area contributed by atoms with Crippen molar-refractivity contribution in [3.05, 3.63) is 48.0 Å². The fourth-order valence-corrected chi connectivity index (χ4v) is 1.62. The van der Waals surface area contributed by atoms with Crippen molar-refractivity contribution in [1.29, 1.82) is 0 Å². The van der Waals surface area contributed by atoms with E-state index in [1.165, 1.54) is 0 Å². The van der Waals surface area contributed by atoms with Gasteiger partial charge < -0.3 is 4.84 Å². The summed E-state index contributed by atoms with van der Waals surface area (Å²) in [4.78, 5) is 17.1. The van der Waals surface area contributed by atoms with Gasteiger partial charge in [-0.3, -0.25) is 0 Å². The number of hydrogen-bond donors (Lipinski definition) is 0. The second kappa shape index (κ2) is 5.47. The molecule has 0 saturated carbocycles. The van der Waals surface area contributed by atoms with Gasteiger partial charge in [0.15, 0.2) is 0 Å². The lowest BCUT2D eigenvalue weighted by Crippen LogP contribution is -2.28. The molecule has 1 aliphatic heterocycles. The largest absolute Gasteiger partial charge is 0.364 e. The Labute approximate surface area is 95.3 Å². The summed E-state index contributed by atoms with van der Waals surface area (Å²) in [6.07, 6.45) is 6.11. The van der Waals surface area contributed by atoms with Crippen LogP contribution in [0.3, 0.4) is 0 Å². The molecule has 0 bridgehead atoms. The van der Waals surface area contributed by atoms with E-state index in [0.717, 1.165) is 25.9 Å². The van der Waals surface area contributed by atoms with Crippen LogP contribution in [0.15, 0.2) is 42.5 Å². The first-order valence-corrected chi connectivity index (χ1v) is 5.53. The number of hydroxylamine groups is 2. The number of carbonyl (C=O) groups is 1. The Balaban J connectivity index is 1.92. The molecule has 0 amide bonds. The third kappa shape index (κ3) is 2.94. The zero-order chi connectivity index (χ0) is 11.2. The van der Waals surface area contributed by atoms with Gasteiger partial charge in [0.05, 0.1) is 5.56 Å². The molecule has 16 heavy (non-hydrogen) atoms. The summed E-state index contributed by atoms with van der Waals surface area (Å²) in [6.45, 7) is 1.55. The fraction of sp³-hybridized carbons (Fsp3) is 0.308. The second-order valence-electron chi connectivity index (χ2n) is 3.72. The first-order valence-electron chi connectivity index (χ1n) is 5.53. The van der Waals surface area contributed by atoms with Crippen LogP contribution in [0.25, 0.3) is 0 Å². The van der Waals surface area contributed by atoms with Gasteiger partial charge in [0, 0.05) is 13.1 Å². The second-order valence-corrected chi connectivity index (χ2v) is 3.72. The van der Waals surface area contributed by atoms with Crippen molar-refractivity contribution in [3.8, 4) is 0 Å². The van der Waals surface area contributed by atoms with Gasteiger partial charge in [0.1, 0.15) is 0 Å². The minimum absolute atomic E-state index is 0.275. The van der Waals surface area contributed by atoms with Crippen molar-refractivity contribution in [1.82, 2.24) is 5.06 Å². The number of rotatable bonds is 2. The van der Waals surface area contributed by atoms with Gasteiger partial charge >= 0.3 is 5.97 Å². The van der Waals surface area contributed by atoms with Crippen LogP contribution in [0.4, 0.5) is 0 Å². The molecule has 0 radical (unpaired) electrons. The smallest absolute Gasteiger partial charge is 0.357 e. The number of benzene rings is 1. The minimum Gasteiger partial charge on any atom is -0.364 e. The molecule has 0 atom stereocenters. The maximum atomic E-state index is 11.7. The molecular formula is C13H15NO2. The average Bonchev–Trinajstić information content (AvgIpc) is 2.59. The standard InChI is InChI=1S/C13H15NO2/c15-13(12-8-4-3-5-9-12)16-14-10-6-1-2-7-11-14/h1-5,8-9H,6-7,10-11H2. The van der Waals surface area contributed by atoms with Crippen LogP contribution in [-0.2, 0) is 4.84 Å². The van der Waals surface area contributed by atoms with Gasteiger partial charge in [-0.2, -0.15) is 0 Å². The van der Waals surface area contributed by atoms with E-state index in [2.05, 4.69) is 12.2 Å². The van der Waals surface area contributed by atoms with Crippen molar-refractivity contribution < 1.29 is 9.63 Å². The summed E-state index contributed by atoms with van der Waals surface area (Å²) >= 11 is 0. The van der Waals surface area contributed by atoms with E-state index >= 15 is 0 Å². The Kier molecular flexibility index (Phi) is 3.72. The first-order chi connectivity index (χ1) is 7.86. The van der Waals surface area contributed by atoms with Crippen LogP contribution in [0.5, 0.6) is 0 Å². The summed E-state index contributed by atoms with van der Waals surface area (Å²) in [5.74, 6) is -0.275. The van der Waals surface area contributed by atoms with Gasteiger partial charge in [-0.15, -0.1) is 5.06 Å². The number of nitrogens with zero attached hydrogens (tertiary/aromatic N) is 1. The fourth-order valence-electron chi connectivity index (χ4n) is 1.62. The molecule has 2 rings (SSSR count). The molecule has 0 N–H and O–H groups in total. The van der Waals surface area contributed by atoms with Crippen molar-refractivity contribution in [2.75, 3.05) is 13.1 Å². The summed E-state index contributed by atoms with van der Waals surface area (Å²) in [7, 11) is 0. The van der Waals surface area contributed by atoms with Gasteiger partial charge in [-0.05, 0) is 25.0 Å². The molecule has 0 spiro atoms. The molecule has 0 saturated heterocycles. The highest BCUT2D eigenvalue weighted by Gasteiger charge is 2.13. The van der Waals surface area contributed by atoms with Crippen LogP contribution >= 0.6 is 0 Å². The predicted octanol–water partition coefficient (Wildman–Crippen LogP) is 2.41. The van der Waals surface area contributed by atoms with E-state index in [1.807, 2.05) is 18.2 Å². The molecule has 0 aromatic heterocycles. The molecule has 3 nitrogen and oxygen atoms in total. The van der Waals surface area contributed by atoms with E-state index in [-0.39, 0.29) is 5.97 Å². The monoisotopic (exact) mass is 217 g/mol. The highest BCUT2D eigenvalue weighted by molar-refractivity contribution is 5.89. The van der Waals surface area contributed by atoms with Crippen molar-refractivity contribution >= 4 is 5.97 Å². The summed E-state index contributed by atoms with van der Waals surface area (Å²) < 4.78 is 0. The van der Waals surface area contributed by atoms with E-state index in [0.29, 0.717) is 5.56 Å². The Bertz CT molecular complexity index is 363. The summed E-state index contributed by atoms with van der Waals surface area (Å²) in [5, 5.41) is 1.73. The molecular weight excluding hydrogens is 202 g/mol. The first kappa shape index (κ1) is 10.9. The van der Waals surface area contributed by atoms with Crippen LogP contribution in [0, 0.1) is 0 Å². The summed E-state index contributed by atoms with van der Waals surface area (Å²) in [5.41, 5.74) is 0.597. The third-order valence-electron chi connectivity index (χ3n) is 2.48. The van der Waals surface area contributed by atoms with E-state index in [1.54, 1.807) is 17.2 Å². The SMILES string of the molecule is O=C(ON1CCC=CCC1)c1ccccc1. The highest BCUT2D eigenvalue weighted by atomic mass is 16.7. The van der Waals surface area contributed by atoms with Crippen molar-refractivity contribution in [3.63, 3.8) is 0 Å². The Morgan fingerprint density at radius 2 is 1.69 bits per heavy atom. The maximum Gasteiger partial charge on any atom is 0.357 e. The number of carbonyl (C=O) groups excluding carboxylic acids is 1.